The number of hydrogen-bond acceptors (Lipinski definition) is 5. The topological polar surface area (TPSA) is 111 Å². The van der Waals surface area contributed by atoms with Crippen molar-refractivity contribution in [1.82, 2.24) is 20.0 Å². The number of primary amides is 1. The van der Waals surface area contributed by atoms with Gasteiger partial charge in [0, 0.05) is 23.6 Å². The standard InChI is InChI=1S/C20H17FN6O2/c1-12-11-15(29-20(22)28)7-8-16(12)24-19-17(21)18(25-26-19)13-3-5-14(6-4-13)27-10-2-9-23-27/h2-11H,1H3,(H2,22,28)(H2,24,25,26). The van der Waals surface area contributed by atoms with Gasteiger partial charge in [0.05, 0.1) is 5.69 Å². The molecule has 4 aromatic rings. The smallest absolute Gasteiger partial charge is 0.409 e. The summed E-state index contributed by atoms with van der Waals surface area (Å²) in [4.78, 5) is 10.8. The minimum absolute atomic E-state index is 0.0582. The van der Waals surface area contributed by atoms with Crippen molar-refractivity contribution in [3.63, 3.8) is 0 Å². The number of rotatable bonds is 5. The van der Waals surface area contributed by atoms with Crippen molar-refractivity contribution in [2.75, 3.05) is 5.32 Å². The Hall–Kier alpha value is -4.14. The highest BCUT2D eigenvalue weighted by atomic mass is 19.1. The van der Waals surface area contributed by atoms with Gasteiger partial charge in [-0.05, 0) is 48.9 Å². The van der Waals surface area contributed by atoms with Crippen LogP contribution in [0.3, 0.4) is 0 Å². The summed E-state index contributed by atoms with van der Waals surface area (Å²) in [6.45, 7) is 1.79. The molecule has 9 heteroatoms. The van der Waals surface area contributed by atoms with Gasteiger partial charge < -0.3 is 15.8 Å². The van der Waals surface area contributed by atoms with E-state index in [2.05, 4.69) is 20.6 Å². The molecule has 8 nitrogen and oxygen atoms in total. The van der Waals surface area contributed by atoms with E-state index >= 15 is 0 Å². The van der Waals surface area contributed by atoms with Crippen LogP contribution >= 0.6 is 0 Å². The lowest BCUT2D eigenvalue weighted by molar-refractivity contribution is 0.211. The molecule has 4 N–H and O–H groups in total. The number of ether oxygens (including phenoxy) is 1. The lowest BCUT2D eigenvalue weighted by Crippen LogP contribution is -2.16. The van der Waals surface area contributed by atoms with Crippen LogP contribution in [-0.4, -0.2) is 26.1 Å². The molecule has 0 fully saturated rings. The minimum atomic E-state index is -0.897. The van der Waals surface area contributed by atoms with Crippen LogP contribution in [-0.2, 0) is 0 Å². The first-order chi connectivity index (χ1) is 14.0. The van der Waals surface area contributed by atoms with Crippen molar-refractivity contribution >= 4 is 17.6 Å². The molecule has 0 bridgehead atoms. The molecule has 0 radical (unpaired) electrons. The van der Waals surface area contributed by atoms with E-state index in [-0.39, 0.29) is 11.5 Å². The third-order valence-corrected chi connectivity index (χ3v) is 4.30. The first kappa shape index (κ1) is 18.2. The van der Waals surface area contributed by atoms with Gasteiger partial charge in [-0.1, -0.05) is 12.1 Å². The molecule has 4 rings (SSSR count). The number of halogens is 1. The largest absolute Gasteiger partial charge is 0.410 e. The second-order valence-electron chi connectivity index (χ2n) is 6.28. The van der Waals surface area contributed by atoms with Crippen LogP contribution in [0.25, 0.3) is 16.9 Å². The molecule has 0 saturated heterocycles. The van der Waals surface area contributed by atoms with Crippen LogP contribution < -0.4 is 15.8 Å². The van der Waals surface area contributed by atoms with Gasteiger partial charge in [-0.15, -0.1) is 0 Å². The van der Waals surface area contributed by atoms with Crippen molar-refractivity contribution in [3.05, 3.63) is 72.3 Å². The van der Waals surface area contributed by atoms with Crippen LogP contribution in [0.1, 0.15) is 5.56 Å². The Morgan fingerprint density at radius 1 is 1.24 bits per heavy atom. The van der Waals surface area contributed by atoms with Crippen molar-refractivity contribution in [1.29, 1.82) is 0 Å². The molecule has 1 amide bonds. The summed E-state index contributed by atoms with van der Waals surface area (Å²) in [7, 11) is 0. The van der Waals surface area contributed by atoms with E-state index in [1.165, 1.54) is 0 Å². The Kier molecular flexibility index (Phi) is 4.70. The zero-order chi connectivity index (χ0) is 20.4. The number of nitrogens with one attached hydrogen (secondary N) is 2. The van der Waals surface area contributed by atoms with Gasteiger partial charge in [-0.2, -0.15) is 10.2 Å². The number of hydrogen-bond donors (Lipinski definition) is 3. The number of aromatic amines is 1. The second-order valence-corrected chi connectivity index (χ2v) is 6.28. The van der Waals surface area contributed by atoms with Crippen molar-refractivity contribution in [2.24, 2.45) is 5.73 Å². The van der Waals surface area contributed by atoms with E-state index in [1.54, 1.807) is 48.1 Å². The summed E-state index contributed by atoms with van der Waals surface area (Å²) in [5, 5.41) is 13.9. The predicted octanol–water partition coefficient (Wildman–Crippen LogP) is 3.91. The maximum Gasteiger partial charge on any atom is 0.409 e. The molecular formula is C20H17FN6O2. The van der Waals surface area contributed by atoms with Gasteiger partial charge in [0.2, 0.25) is 0 Å². The van der Waals surface area contributed by atoms with Gasteiger partial charge in [0.1, 0.15) is 11.4 Å². The second kappa shape index (κ2) is 7.47. The molecule has 2 aromatic heterocycles. The van der Waals surface area contributed by atoms with Gasteiger partial charge in [-0.3, -0.25) is 5.10 Å². The molecule has 0 saturated carbocycles. The number of amides is 1. The molecule has 0 aliphatic carbocycles. The molecule has 0 aliphatic rings. The SMILES string of the molecule is Cc1cc(OC(N)=O)ccc1Nc1n[nH]c(-c2ccc(-n3cccn3)cc2)c1F. The lowest BCUT2D eigenvalue weighted by Gasteiger charge is -2.09. The molecule has 146 valence electrons. The highest BCUT2D eigenvalue weighted by molar-refractivity contribution is 5.71. The monoisotopic (exact) mass is 392 g/mol. The molecular weight excluding hydrogens is 375 g/mol. The van der Waals surface area contributed by atoms with Gasteiger partial charge in [0.15, 0.2) is 11.6 Å². The highest BCUT2D eigenvalue weighted by Crippen LogP contribution is 2.29. The molecule has 0 spiro atoms. The summed E-state index contributed by atoms with van der Waals surface area (Å²) >= 11 is 0. The van der Waals surface area contributed by atoms with Crippen molar-refractivity contribution in [2.45, 2.75) is 6.92 Å². The third-order valence-electron chi connectivity index (χ3n) is 4.30. The van der Waals surface area contributed by atoms with Crippen LogP contribution in [0.2, 0.25) is 0 Å². The fraction of sp³-hybridized carbons (Fsp3) is 0.0500. The number of carbonyl (C=O) groups excluding carboxylic acids is 1. The molecule has 0 aliphatic heterocycles. The van der Waals surface area contributed by atoms with Crippen molar-refractivity contribution < 1.29 is 13.9 Å². The fourth-order valence-electron chi connectivity index (χ4n) is 2.89. The summed E-state index contributed by atoms with van der Waals surface area (Å²) in [6.07, 6.45) is 2.62. The maximum absolute atomic E-state index is 14.9. The Balaban J connectivity index is 1.55. The van der Waals surface area contributed by atoms with E-state index in [0.717, 1.165) is 11.3 Å². The number of H-pyrrole nitrogens is 1. The summed E-state index contributed by atoms with van der Waals surface area (Å²) in [5.41, 5.74) is 8.15. The Morgan fingerprint density at radius 2 is 2.03 bits per heavy atom. The zero-order valence-electron chi connectivity index (χ0n) is 15.4. The van der Waals surface area contributed by atoms with Crippen LogP contribution in [0.5, 0.6) is 5.75 Å². The molecule has 2 heterocycles. The predicted molar refractivity (Wildman–Crippen MR) is 106 cm³/mol. The fourth-order valence-corrected chi connectivity index (χ4v) is 2.89. The molecule has 0 unspecified atom stereocenters. The number of nitrogens with two attached hydrogens (primary N) is 1. The first-order valence-electron chi connectivity index (χ1n) is 8.70. The first-order valence-corrected chi connectivity index (χ1v) is 8.70. The number of aryl methyl sites for hydroxylation is 1. The number of nitrogens with zero attached hydrogens (tertiary/aromatic N) is 3. The van der Waals surface area contributed by atoms with Crippen LogP contribution in [0.15, 0.2) is 60.9 Å². The molecule has 2 aromatic carbocycles. The highest BCUT2D eigenvalue weighted by Gasteiger charge is 2.16. The van der Waals surface area contributed by atoms with E-state index in [4.69, 9.17) is 10.5 Å². The van der Waals surface area contributed by atoms with Crippen molar-refractivity contribution in [3.8, 4) is 22.7 Å². The van der Waals surface area contributed by atoms with E-state index in [9.17, 15) is 9.18 Å². The Labute approximate surface area is 165 Å². The Morgan fingerprint density at radius 3 is 2.69 bits per heavy atom. The molecule has 29 heavy (non-hydrogen) atoms. The summed E-state index contributed by atoms with van der Waals surface area (Å²) < 4.78 is 21.4. The summed E-state index contributed by atoms with van der Waals surface area (Å²) in [5.74, 6) is -0.141. The average Bonchev–Trinajstić information content (AvgIpc) is 3.34. The lowest BCUT2D eigenvalue weighted by atomic mass is 10.1. The van der Waals surface area contributed by atoms with Gasteiger partial charge >= 0.3 is 6.09 Å². The number of anilines is 2. The maximum atomic E-state index is 14.9. The average molecular weight is 392 g/mol. The van der Waals surface area contributed by atoms with E-state index in [1.807, 2.05) is 24.4 Å². The van der Waals surface area contributed by atoms with Crippen LogP contribution in [0.4, 0.5) is 20.7 Å². The number of aromatic nitrogens is 4. The summed E-state index contributed by atoms with van der Waals surface area (Å²) in [6, 6.07) is 13.9. The number of benzene rings is 2. The van der Waals surface area contributed by atoms with Gasteiger partial charge in [0.25, 0.3) is 0 Å². The van der Waals surface area contributed by atoms with Crippen LogP contribution in [0, 0.1) is 12.7 Å². The third kappa shape index (κ3) is 3.79. The van der Waals surface area contributed by atoms with E-state index < -0.39 is 11.9 Å². The normalized spacial score (nSPS) is 10.7. The van der Waals surface area contributed by atoms with E-state index in [0.29, 0.717) is 17.0 Å². The zero-order valence-corrected chi connectivity index (χ0v) is 15.4. The Bertz CT molecular complexity index is 1150. The minimum Gasteiger partial charge on any atom is -0.410 e. The van der Waals surface area contributed by atoms with Gasteiger partial charge in [-0.25, -0.2) is 13.9 Å². The number of carbonyl (C=O) groups is 1. The quantitative estimate of drug-likeness (QED) is 0.477. The molecule has 0 atom stereocenters.